The number of rotatable bonds is 9. The minimum absolute atomic E-state index is 0.118. The van der Waals surface area contributed by atoms with E-state index in [9.17, 15) is 0 Å². The predicted octanol–water partition coefficient (Wildman–Crippen LogP) is 4.84. The van der Waals surface area contributed by atoms with Crippen LogP contribution in [0.4, 0.5) is 0 Å². The molecule has 2 unspecified atom stereocenters. The zero-order valence-corrected chi connectivity index (χ0v) is 12.8. The van der Waals surface area contributed by atoms with Gasteiger partial charge in [-0.3, -0.25) is 0 Å². The van der Waals surface area contributed by atoms with Crippen LogP contribution in [0.2, 0.25) is 0 Å². The zero-order chi connectivity index (χ0) is 15.0. The first kappa shape index (κ1) is 16.5. The van der Waals surface area contributed by atoms with Crippen molar-refractivity contribution in [1.29, 1.82) is 0 Å². The highest BCUT2D eigenvalue weighted by atomic mass is 16.5. The largest absolute Gasteiger partial charge is 0.378 e. The lowest BCUT2D eigenvalue weighted by Crippen LogP contribution is -2.20. The molecule has 0 aliphatic rings. The Bertz CT molecular complexity index is 431. The maximum atomic E-state index is 5.79. The Balaban J connectivity index is 3.30. The van der Waals surface area contributed by atoms with Gasteiger partial charge in [0.25, 0.3) is 0 Å². The molecule has 1 nitrogen and oxygen atoms in total. The highest BCUT2D eigenvalue weighted by Gasteiger charge is 2.21. The summed E-state index contributed by atoms with van der Waals surface area (Å²) < 4.78 is 5.79. The van der Waals surface area contributed by atoms with Gasteiger partial charge in [-0.15, -0.1) is 19.7 Å². The quantitative estimate of drug-likeness (QED) is 0.583. The van der Waals surface area contributed by atoms with Crippen LogP contribution in [0.5, 0.6) is 0 Å². The summed E-state index contributed by atoms with van der Waals surface area (Å²) >= 11 is 0. The molecule has 1 aromatic carbocycles. The summed E-state index contributed by atoms with van der Waals surface area (Å²) in [5.41, 5.74) is 3.93. The lowest BCUT2D eigenvalue weighted by atomic mass is 9.84. The molecule has 0 saturated carbocycles. The van der Waals surface area contributed by atoms with Crippen molar-refractivity contribution in [3.63, 3.8) is 0 Å². The molecule has 0 N–H and O–H groups in total. The maximum absolute atomic E-state index is 5.79. The van der Waals surface area contributed by atoms with Crippen LogP contribution in [0.1, 0.15) is 36.5 Å². The first-order chi connectivity index (χ1) is 9.69. The van der Waals surface area contributed by atoms with Crippen molar-refractivity contribution in [3.8, 4) is 0 Å². The van der Waals surface area contributed by atoms with Gasteiger partial charge in [-0.1, -0.05) is 36.4 Å². The second-order valence-electron chi connectivity index (χ2n) is 4.90. The molecule has 0 spiro atoms. The summed E-state index contributed by atoms with van der Waals surface area (Å²) in [6, 6.07) is 6.43. The zero-order valence-electron chi connectivity index (χ0n) is 12.8. The smallest absolute Gasteiger partial charge is 0.0650 e. The molecular weight excluding hydrogens is 244 g/mol. The third-order valence-electron chi connectivity index (χ3n) is 3.54. The van der Waals surface area contributed by atoms with E-state index in [1.165, 1.54) is 16.7 Å². The van der Waals surface area contributed by atoms with Crippen molar-refractivity contribution in [2.75, 3.05) is 6.61 Å². The molecule has 0 bridgehead atoms. The van der Waals surface area contributed by atoms with Crippen LogP contribution in [0.15, 0.2) is 56.2 Å². The fraction of sp³-hybridized carbons (Fsp3) is 0.368. The van der Waals surface area contributed by atoms with E-state index >= 15 is 0 Å². The molecule has 0 saturated heterocycles. The summed E-state index contributed by atoms with van der Waals surface area (Å²) in [6.45, 7) is 16.6. The summed E-state index contributed by atoms with van der Waals surface area (Å²) in [5, 5.41) is 0. The molecule has 0 aromatic heterocycles. The Morgan fingerprint density at radius 2 is 1.65 bits per heavy atom. The van der Waals surface area contributed by atoms with Gasteiger partial charge in [0.05, 0.1) is 6.10 Å². The van der Waals surface area contributed by atoms with Crippen molar-refractivity contribution >= 4 is 0 Å². The minimum atomic E-state index is 0.118. The van der Waals surface area contributed by atoms with E-state index in [2.05, 4.69) is 44.9 Å². The SMILES string of the molecule is C=CCc1cccc(CC=C)c1C(C=C)C(C)OCC. The van der Waals surface area contributed by atoms with Gasteiger partial charge in [0.2, 0.25) is 0 Å². The van der Waals surface area contributed by atoms with E-state index in [0.717, 1.165) is 12.8 Å². The second kappa shape index (κ2) is 8.55. The molecule has 1 aromatic rings. The van der Waals surface area contributed by atoms with Gasteiger partial charge in [0.15, 0.2) is 0 Å². The minimum Gasteiger partial charge on any atom is -0.378 e. The first-order valence-electron chi connectivity index (χ1n) is 7.26. The predicted molar refractivity (Wildman–Crippen MR) is 88.3 cm³/mol. The van der Waals surface area contributed by atoms with Crippen LogP contribution in [-0.2, 0) is 17.6 Å². The fourth-order valence-electron chi connectivity index (χ4n) is 2.67. The Kier molecular flexibility index (Phi) is 7.03. The standard InChI is InChI=1S/C19H26O/c1-6-11-16-13-10-14-17(12-7-2)19(16)18(8-3)15(5)20-9-4/h6-8,10,13-15,18H,1-3,9,11-12H2,4-5H3. The summed E-state index contributed by atoms with van der Waals surface area (Å²) in [4.78, 5) is 0. The third-order valence-corrected chi connectivity index (χ3v) is 3.54. The lowest BCUT2D eigenvalue weighted by molar-refractivity contribution is 0.0662. The number of allylic oxidation sites excluding steroid dienone is 2. The second-order valence-corrected chi connectivity index (χ2v) is 4.90. The average Bonchev–Trinajstić information content (AvgIpc) is 2.43. The molecule has 108 valence electrons. The van der Waals surface area contributed by atoms with Crippen molar-refractivity contribution in [2.45, 2.75) is 38.7 Å². The Labute approximate surface area is 123 Å². The van der Waals surface area contributed by atoms with E-state index < -0.39 is 0 Å². The van der Waals surface area contributed by atoms with E-state index in [0.29, 0.717) is 6.61 Å². The molecule has 0 radical (unpaired) electrons. The van der Waals surface area contributed by atoms with E-state index in [1.54, 1.807) is 0 Å². The molecule has 0 fully saturated rings. The van der Waals surface area contributed by atoms with Crippen LogP contribution < -0.4 is 0 Å². The Hall–Kier alpha value is -1.60. The van der Waals surface area contributed by atoms with E-state index in [1.807, 2.05) is 25.2 Å². The van der Waals surface area contributed by atoms with Crippen molar-refractivity contribution in [2.24, 2.45) is 0 Å². The van der Waals surface area contributed by atoms with Gasteiger partial charge in [-0.25, -0.2) is 0 Å². The van der Waals surface area contributed by atoms with Crippen LogP contribution in [0.3, 0.4) is 0 Å². The topological polar surface area (TPSA) is 9.23 Å². The van der Waals surface area contributed by atoms with Crippen LogP contribution >= 0.6 is 0 Å². The molecule has 0 aliphatic heterocycles. The molecule has 0 aliphatic carbocycles. The van der Waals surface area contributed by atoms with Crippen LogP contribution in [0.25, 0.3) is 0 Å². The van der Waals surface area contributed by atoms with Crippen LogP contribution in [-0.4, -0.2) is 12.7 Å². The Morgan fingerprint density at radius 1 is 1.10 bits per heavy atom. The number of hydrogen-bond donors (Lipinski definition) is 0. The lowest BCUT2D eigenvalue weighted by Gasteiger charge is -2.26. The van der Waals surface area contributed by atoms with Gasteiger partial charge in [0.1, 0.15) is 0 Å². The highest BCUT2D eigenvalue weighted by Crippen LogP contribution is 2.30. The van der Waals surface area contributed by atoms with Crippen molar-refractivity contribution < 1.29 is 4.74 Å². The van der Waals surface area contributed by atoms with Crippen molar-refractivity contribution in [1.82, 2.24) is 0 Å². The maximum Gasteiger partial charge on any atom is 0.0650 e. The number of benzene rings is 1. The molecular formula is C19H26O. The van der Waals surface area contributed by atoms with Crippen molar-refractivity contribution in [3.05, 3.63) is 72.9 Å². The summed E-state index contributed by atoms with van der Waals surface area (Å²) in [5.74, 6) is 0.195. The molecule has 1 rings (SSSR count). The van der Waals surface area contributed by atoms with E-state index in [-0.39, 0.29) is 12.0 Å². The van der Waals surface area contributed by atoms with Gasteiger partial charge < -0.3 is 4.74 Å². The molecule has 0 heterocycles. The van der Waals surface area contributed by atoms with Gasteiger partial charge in [-0.05, 0) is 43.4 Å². The molecule has 1 heteroatoms. The average molecular weight is 270 g/mol. The molecule has 2 atom stereocenters. The third kappa shape index (κ3) is 3.94. The molecule has 20 heavy (non-hydrogen) atoms. The van der Waals surface area contributed by atoms with Gasteiger partial charge >= 0.3 is 0 Å². The Morgan fingerprint density at radius 3 is 2.05 bits per heavy atom. The number of ether oxygens (including phenoxy) is 1. The highest BCUT2D eigenvalue weighted by molar-refractivity contribution is 5.42. The molecule has 0 amide bonds. The fourth-order valence-corrected chi connectivity index (χ4v) is 2.67. The first-order valence-corrected chi connectivity index (χ1v) is 7.26. The van der Waals surface area contributed by atoms with E-state index in [4.69, 9.17) is 4.74 Å². The summed E-state index contributed by atoms with van der Waals surface area (Å²) in [6.07, 6.45) is 7.73. The number of hydrogen-bond acceptors (Lipinski definition) is 1. The van der Waals surface area contributed by atoms with Gasteiger partial charge in [-0.2, -0.15) is 0 Å². The van der Waals surface area contributed by atoms with Crippen LogP contribution in [0, 0.1) is 0 Å². The monoisotopic (exact) mass is 270 g/mol. The summed E-state index contributed by atoms with van der Waals surface area (Å²) in [7, 11) is 0. The van der Waals surface area contributed by atoms with Gasteiger partial charge in [0, 0.05) is 12.5 Å². The normalized spacial score (nSPS) is 13.5.